The molecule has 20 heavy (non-hydrogen) atoms. The molecule has 5 heteroatoms. The van der Waals surface area contributed by atoms with Crippen LogP contribution in [-0.4, -0.2) is 34.9 Å². The van der Waals surface area contributed by atoms with E-state index >= 15 is 0 Å². The minimum absolute atomic E-state index is 0.380. The summed E-state index contributed by atoms with van der Waals surface area (Å²) in [6, 6.07) is 2.20. The molecular formula is C15H21N3OS. The number of hydrogen-bond donors (Lipinski definition) is 0. The summed E-state index contributed by atoms with van der Waals surface area (Å²) in [6.07, 6.45) is 2.14. The number of aryl methyl sites for hydroxylation is 2. The monoisotopic (exact) mass is 291 g/mol. The van der Waals surface area contributed by atoms with Crippen molar-refractivity contribution >= 4 is 11.3 Å². The van der Waals surface area contributed by atoms with Crippen LogP contribution in [0.5, 0.6) is 0 Å². The number of nitrogens with zero attached hydrogens (tertiary/aromatic N) is 3. The zero-order valence-corrected chi connectivity index (χ0v) is 13.1. The normalized spacial score (nSPS) is 19.2. The summed E-state index contributed by atoms with van der Waals surface area (Å²) < 4.78 is 7.31. The van der Waals surface area contributed by atoms with Crippen LogP contribution in [0.15, 0.2) is 17.6 Å². The molecule has 3 rings (SSSR count). The summed E-state index contributed by atoms with van der Waals surface area (Å²) in [7, 11) is 3.76. The van der Waals surface area contributed by atoms with E-state index in [1.807, 2.05) is 23.1 Å². The lowest BCUT2D eigenvalue weighted by Crippen LogP contribution is -2.34. The molecule has 4 nitrogen and oxygen atoms in total. The number of fused-ring (bicyclic) bond motifs is 1. The van der Waals surface area contributed by atoms with E-state index in [0.29, 0.717) is 5.92 Å². The fraction of sp³-hybridized carbons (Fsp3) is 0.533. The van der Waals surface area contributed by atoms with Crippen LogP contribution in [0.1, 0.15) is 27.6 Å². The highest BCUT2D eigenvalue weighted by Crippen LogP contribution is 2.29. The molecule has 2 aromatic heterocycles. The first-order valence-corrected chi connectivity index (χ1v) is 7.82. The number of methoxy groups -OCH3 is 1. The molecule has 108 valence electrons. The van der Waals surface area contributed by atoms with Crippen molar-refractivity contribution in [3.05, 3.63) is 39.3 Å². The van der Waals surface area contributed by atoms with Gasteiger partial charge in [0, 0.05) is 56.3 Å². The smallest absolute Gasteiger partial charge is 0.0736 e. The van der Waals surface area contributed by atoms with E-state index in [0.717, 1.165) is 26.2 Å². The van der Waals surface area contributed by atoms with Crippen LogP contribution < -0.4 is 0 Å². The van der Waals surface area contributed by atoms with Gasteiger partial charge < -0.3 is 4.74 Å². The van der Waals surface area contributed by atoms with Gasteiger partial charge in [-0.2, -0.15) is 5.10 Å². The summed E-state index contributed by atoms with van der Waals surface area (Å²) in [6.45, 7) is 5.97. The molecule has 1 aliphatic heterocycles. The summed E-state index contributed by atoms with van der Waals surface area (Å²) in [5.74, 6) is 0.380. The second kappa shape index (κ2) is 5.68. The lowest BCUT2D eigenvalue weighted by atomic mass is 9.97. The maximum Gasteiger partial charge on any atom is 0.0736 e. The molecule has 3 heterocycles. The molecule has 0 aliphatic carbocycles. The van der Waals surface area contributed by atoms with Crippen molar-refractivity contribution in [1.29, 1.82) is 0 Å². The number of rotatable bonds is 4. The van der Waals surface area contributed by atoms with Gasteiger partial charge in [0.25, 0.3) is 0 Å². The lowest BCUT2D eigenvalue weighted by Gasteiger charge is -2.31. The highest BCUT2D eigenvalue weighted by Gasteiger charge is 2.28. The first kappa shape index (κ1) is 13.8. The summed E-state index contributed by atoms with van der Waals surface area (Å²) in [5.41, 5.74) is 3.96. The predicted molar refractivity (Wildman–Crippen MR) is 81.0 cm³/mol. The van der Waals surface area contributed by atoms with Gasteiger partial charge in [0.2, 0.25) is 0 Å². The number of hydrogen-bond acceptors (Lipinski definition) is 4. The van der Waals surface area contributed by atoms with Crippen molar-refractivity contribution in [3.8, 4) is 0 Å². The van der Waals surface area contributed by atoms with Gasteiger partial charge in [0.15, 0.2) is 0 Å². The molecule has 0 amide bonds. The van der Waals surface area contributed by atoms with Gasteiger partial charge >= 0.3 is 0 Å². The topological polar surface area (TPSA) is 30.3 Å². The van der Waals surface area contributed by atoms with Gasteiger partial charge in [0.1, 0.15) is 0 Å². The Morgan fingerprint density at radius 1 is 1.50 bits per heavy atom. The molecule has 0 aromatic carbocycles. The van der Waals surface area contributed by atoms with Crippen LogP contribution in [0.4, 0.5) is 0 Å². The van der Waals surface area contributed by atoms with E-state index < -0.39 is 0 Å². The molecule has 0 N–H and O–H groups in total. The average Bonchev–Trinajstić information content (AvgIpc) is 2.96. The molecule has 2 aromatic rings. The Hall–Kier alpha value is -1.17. The number of ether oxygens (including phenoxy) is 1. The van der Waals surface area contributed by atoms with Crippen molar-refractivity contribution < 1.29 is 4.74 Å². The van der Waals surface area contributed by atoms with E-state index in [1.54, 1.807) is 7.11 Å². The molecule has 1 atom stereocenters. The summed E-state index contributed by atoms with van der Waals surface area (Å²) in [4.78, 5) is 3.97. The Morgan fingerprint density at radius 3 is 3.05 bits per heavy atom. The maximum atomic E-state index is 5.38. The second-order valence-electron chi connectivity index (χ2n) is 5.56. The van der Waals surface area contributed by atoms with Gasteiger partial charge in [-0.3, -0.25) is 9.58 Å². The number of aromatic nitrogens is 2. The Labute approximate surface area is 124 Å². The van der Waals surface area contributed by atoms with Gasteiger partial charge in [-0.05, 0) is 23.9 Å². The van der Waals surface area contributed by atoms with E-state index in [9.17, 15) is 0 Å². The van der Waals surface area contributed by atoms with Gasteiger partial charge in [-0.15, -0.1) is 11.3 Å². The number of thiophene rings is 1. The van der Waals surface area contributed by atoms with Crippen molar-refractivity contribution in [2.24, 2.45) is 7.05 Å². The predicted octanol–water partition coefficient (Wildman–Crippen LogP) is 2.54. The fourth-order valence-electron chi connectivity index (χ4n) is 2.95. The Kier molecular flexibility index (Phi) is 3.92. The van der Waals surface area contributed by atoms with Crippen molar-refractivity contribution in [2.75, 3.05) is 20.3 Å². The third-order valence-electron chi connectivity index (χ3n) is 3.90. The molecule has 0 bridgehead atoms. The lowest BCUT2D eigenvalue weighted by molar-refractivity contribution is 0.135. The first-order chi connectivity index (χ1) is 9.67. The van der Waals surface area contributed by atoms with Crippen molar-refractivity contribution in [1.82, 2.24) is 14.7 Å². The highest BCUT2D eigenvalue weighted by molar-refractivity contribution is 7.10. The van der Waals surface area contributed by atoms with Crippen molar-refractivity contribution in [3.63, 3.8) is 0 Å². The molecule has 1 unspecified atom stereocenters. The third kappa shape index (κ3) is 2.66. The third-order valence-corrected chi connectivity index (χ3v) is 4.91. The maximum absolute atomic E-state index is 5.38. The van der Waals surface area contributed by atoms with Crippen LogP contribution in [0, 0.1) is 6.92 Å². The molecule has 0 saturated heterocycles. The van der Waals surface area contributed by atoms with Crippen LogP contribution >= 0.6 is 11.3 Å². The minimum atomic E-state index is 0.380. The quantitative estimate of drug-likeness (QED) is 0.867. The van der Waals surface area contributed by atoms with Gasteiger partial charge in [0.05, 0.1) is 12.3 Å². The van der Waals surface area contributed by atoms with Crippen LogP contribution in [0.25, 0.3) is 0 Å². The van der Waals surface area contributed by atoms with Gasteiger partial charge in [-0.1, -0.05) is 0 Å². The first-order valence-electron chi connectivity index (χ1n) is 6.94. The Bertz CT molecular complexity index is 590. The van der Waals surface area contributed by atoms with E-state index in [2.05, 4.69) is 34.6 Å². The summed E-state index contributed by atoms with van der Waals surface area (Å²) >= 11 is 1.85. The fourth-order valence-corrected chi connectivity index (χ4v) is 3.89. The SMILES string of the molecule is COCC1CN(Cc2sccc2C)Cc2cn(C)nc21. The molecule has 1 aliphatic rings. The largest absolute Gasteiger partial charge is 0.384 e. The molecule has 0 radical (unpaired) electrons. The average molecular weight is 291 g/mol. The highest BCUT2D eigenvalue weighted by atomic mass is 32.1. The standard InChI is InChI=1S/C15H21N3OS/c1-11-4-5-20-14(11)9-18-7-12-6-17(2)16-15(12)13(8-18)10-19-3/h4-6,13H,7-10H2,1-3H3. The molecular weight excluding hydrogens is 270 g/mol. The van der Waals surface area contributed by atoms with Crippen LogP contribution in [0.2, 0.25) is 0 Å². The van der Waals surface area contributed by atoms with E-state index in [-0.39, 0.29) is 0 Å². The van der Waals surface area contributed by atoms with Crippen LogP contribution in [-0.2, 0) is 24.9 Å². The minimum Gasteiger partial charge on any atom is -0.384 e. The zero-order chi connectivity index (χ0) is 14.1. The molecule has 0 fully saturated rings. The summed E-state index contributed by atoms with van der Waals surface area (Å²) in [5, 5.41) is 6.79. The van der Waals surface area contributed by atoms with E-state index in [4.69, 9.17) is 4.74 Å². The molecule has 0 saturated carbocycles. The van der Waals surface area contributed by atoms with Crippen LogP contribution in [0.3, 0.4) is 0 Å². The molecule has 0 spiro atoms. The van der Waals surface area contributed by atoms with Gasteiger partial charge in [-0.25, -0.2) is 0 Å². The Morgan fingerprint density at radius 2 is 2.35 bits per heavy atom. The zero-order valence-electron chi connectivity index (χ0n) is 12.3. The van der Waals surface area contributed by atoms with E-state index in [1.165, 1.54) is 21.7 Å². The second-order valence-corrected chi connectivity index (χ2v) is 6.56. The van der Waals surface area contributed by atoms with Crippen molar-refractivity contribution in [2.45, 2.75) is 25.9 Å². The Balaban J connectivity index is 1.80.